The molecule has 0 aliphatic carbocycles. The lowest BCUT2D eigenvalue weighted by Gasteiger charge is -2.24. The summed E-state index contributed by atoms with van der Waals surface area (Å²) in [6.45, 7) is 4.04. The minimum absolute atomic E-state index is 0.0563. The molecular formula is C19H18N2OS. The topological polar surface area (TPSA) is 44.1 Å². The molecule has 0 saturated heterocycles. The predicted molar refractivity (Wildman–Crippen MR) is 95.0 cm³/mol. The fraction of sp³-hybridized carbons (Fsp3) is 0.158. The van der Waals surface area contributed by atoms with Crippen LogP contribution in [-0.4, -0.2) is 10.8 Å². The number of nitriles is 1. The van der Waals surface area contributed by atoms with Crippen molar-refractivity contribution < 1.29 is 4.79 Å². The van der Waals surface area contributed by atoms with Gasteiger partial charge in [-0.05, 0) is 29.8 Å². The zero-order chi connectivity index (χ0) is 16.7. The molecule has 2 aromatic rings. The second kappa shape index (κ2) is 8.21. The lowest BCUT2D eigenvalue weighted by Crippen LogP contribution is -2.26. The molecule has 0 saturated carbocycles. The van der Waals surface area contributed by atoms with Crippen molar-refractivity contribution in [3.05, 3.63) is 76.7 Å². The van der Waals surface area contributed by atoms with Crippen LogP contribution in [0.25, 0.3) is 5.70 Å². The van der Waals surface area contributed by atoms with Gasteiger partial charge in [0, 0.05) is 12.3 Å². The number of carbonyl (C=O) groups is 1. The Morgan fingerprint density at radius 1 is 1.17 bits per heavy atom. The number of carbonyl (C=O) groups excluding carboxylic acids is 1. The zero-order valence-electron chi connectivity index (χ0n) is 13.2. The molecule has 0 fully saturated rings. The number of hydrogen-bond donors (Lipinski definition) is 0. The number of thioether (sulfide) groups is 1. The van der Waals surface area contributed by atoms with Crippen LogP contribution in [0.4, 0.5) is 0 Å². The van der Waals surface area contributed by atoms with Crippen molar-refractivity contribution in [2.24, 2.45) is 0 Å². The molecule has 0 bridgehead atoms. The lowest BCUT2D eigenvalue weighted by molar-refractivity contribution is -0.126. The Hall–Kier alpha value is -2.51. The molecule has 0 radical (unpaired) electrons. The van der Waals surface area contributed by atoms with Crippen molar-refractivity contribution in [1.29, 1.82) is 5.26 Å². The Bertz CT molecular complexity index is 730. The minimum Gasteiger partial charge on any atom is -0.307 e. The summed E-state index contributed by atoms with van der Waals surface area (Å²) in [6, 6.07) is 17.8. The number of amides is 1. The van der Waals surface area contributed by atoms with E-state index in [1.165, 1.54) is 0 Å². The van der Waals surface area contributed by atoms with Crippen LogP contribution in [-0.2, 0) is 11.3 Å². The average Bonchev–Trinajstić information content (AvgIpc) is 2.56. The van der Waals surface area contributed by atoms with Crippen LogP contribution in [0.1, 0.15) is 23.6 Å². The third-order valence-electron chi connectivity index (χ3n) is 3.43. The Kier molecular flexibility index (Phi) is 6.02. The first-order valence-electron chi connectivity index (χ1n) is 7.26. The van der Waals surface area contributed by atoms with Crippen LogP contribution in [0.15, 0.2) is 60.0 Å². The maximum absolute atomic E-state index is 12.2. The monoisotopic (exact) mass is 322 g/mol. The summed E-state index contributed by atoms with van der Waals surface area (Å²) in [7, 11) is 0. The summed E-state index contributed by atoms with van der Waals surface area (Å²) in [5.74, 6) is -0.0563. The van der Waals surface area contributed by atoms with Gasteiger partial charge >= 0.3 is 0 Å². The summed E-state index contributed by atoms with van der Waals surface area (Å²) in [4.78, 5) is 13.9. The summed E-state index contributed by atoms with van der Waals surface area (Å²) in [5.41, 5.74) is 3.86. The quantitative estimate of drug-likeness (QED) is 0.758. The van der Waals surface area contributed by atoms with E-state index in [0.717, 1.165) is 34.1 Å². The second-order valence-corrected chi connectivity index (χ2v) is 5.82. The van der Waals surface area contributed by atoms with Gasteiger partial charge in [0.1, 0.15) is 5.40 Å². The molecule has 116 valence electrons. The Labute approximate surface area is 141 Å². The Balaban J connectivity index is 2.39. The highest BCUT2D eigenvalue weighted by molar-refractivity contribution is 8.06. The van der Waals surface area contributed by atoms with Crippen molar-refractivity contribution in [1.82, 2.24) is 4.90 Å². The van der Waals surface area contributed by atoms with Gasteiger partial charge in [0.2, 0.25) is 5.91 Å². The number of rotatable bonds is 5. The molecule has 23 heavy (non-hydrogen) atoms. The van der Waals surface area contributed by atoms with Gasteiger partial charge in [-0.3, -0.25) is 4.79 Å². The zero-order valence-corrected chi connectivity index (χ0v) is 14.0. The van der Waals surface area contributed by atoms with Gasteiger partial charge in [-0.2, -0.15) is 5.26 Å². The van der Waals surface area contributed by atoms with Gasteiger partial charge in [0.25, 0.3) is 0 Å². The van der Waals surface area contributed by atoms with E-state index in [2.05, 4.69) is 0 Å². The van der Waals surface area contributed by atoms with E-state index in [1.54, 1.807) is 17.2 Å². The van der Waals surface area contributed by atoms with Gasteiger partial charge in [-0.1, -0.05) is 60.2 Å². The summed E-state index contributed by atoms with van der Waals surface area (Å²) < 4.78 is 0. The molecule has 1 amide bonds. The first-order chi connectivity index (χ1) is 11.1. The van der Waals surface area contributed by atoms with Crippen molar-refractivity contribution in [3.8, 4) is 5.40 Å². The number of thiocyanates is 1. The molecule has 0 aromatic heterocycles. The lowest BCUT2D eigenvalue weighted by atomic mass is 10.1. The minimum atomic E-state index is -0.0563. The van der Waals surface area contributed by atoms with Crippen LogP contribution in [0, 0.1) is 17.6 Å². The number of hydrogen-bond acceptors (Lipinski definition) is 3. The van der Waals surface area contributed by atoms with Crippen LogP contribution in [0.3, 0.4) is 0 Å². The number of benzene rings is 2. The normalized spacial score (nSPS) is 10.9. The van der Waals surface area contributed by atoms with E-state index >= 15 is 0 Å². The first-order valence-corrected chi connectivity index (χ1v) is 8.13. The van der Waals surface area contributed by atoms with Crippen LogP contribution < -0.4 is 0 Å². The molecule has 2 rings (SSSR count). The molecule has 0 aliphatic heterocycles. The molecule has 0 unspecified atom stereocenters. The van der Waals surface area contributed by atoms with Gasteiger partial charge in [-0.15, -0.1) is 0 Å². The van der Waals surface area contributed by atoms with Crippen molar-refractivity contribution in [3.63, 3.8) is 0 Å². The molecule has 0 spiro atoms. The van der Waals surface area contributed by atoms with E-state index in [0.29, 0.717) is 6.54 Å². The van der Waals surface area contributed by atoms with E-state index in [4.69, 9.17) is 5.26 Å². The molecule has 0 N–H and O–H groups in total. The van der Waals surface area contributed by atoms with Crippen LogP contribution in [0.5, 0.6) is 0 Å². The maximum Gasteiger partial charge on any atom is 0.224 e. The number of aryl methyl sites for hydroxylation is 1. The highest BCUT2D eigenvalue weighted by Crippen LogP contribution is 2.25. The smallest absolute Gasteiger partial charge is 0.224 e. The van der Waals surface area contributed by atoms with Gasteiger partial charge in [0.15, 0.2) is 0 Å². The Morgan fingerprint density at radius 2 is 1.83 bits per heavy atom. The first kappa shape index (κ1) is 16.9. The molecule has 0 aliphatic rings. The largest absolute Gasteiger partial charge is 0.307 e. The summed E-state index contributed by atoms with van der Waals surface area (Å²) >= 11 is 1.02. The summed E-state index contributed by atoms with van der Waals surface area (Å²) in [6.07, 6.45) is 0. The predicted octanol–water partition coefficient (Wildman–Crippen LogP) is 4.56. The van der Waals surface area contributed by atoms with E-state index in [-0.39, 0.29) is 5.91 Å². The van der Waals surface area contributed by atoms with E-state index < -0.39 is 0 Å². The summed E-state index contributed by atoms with van der Waals surface area (Å²) in [5, 5.41) is 12.7. The Morgan fingerprint density at radius 3 is 2.39 bits per heavy atom. The van der Waals surface area contributed by atoms with Gasteiger partial charge < -0.3 is 4.90 Å². The fourth-order valence-electron chi connectivity index (χ4n) is 2.23. The SMILES string of the molecule is CC(=O)N(Cc1ccccc1)C(=CSC#N)c1ccc(C)cc1. The molecule has 3 nitrogen and oxygen atoms in total. The fourth-order valence-corrected chi connectivity index (χ4v) is 2.65. The van der Waals surface area contributed by atoms with Gasteiger partial charge in [-0.25, -0.2) is 0 Å². The van der Waals surface area contributed by atoms with E-state index in [9.17, 15) is 4.79 Å². The maximum atomic E-state index is 12.2. The molecular weight excluding hydrogens is 304 g/mol. The highest BCUT2D eigenvalue weighted by atomic mass is 32.2. The standard InChI is InChI=1S/C19H18N2OS/c1-15-8-10-18(11-9-15)19(13-23-14-20)21(16(2)22)12-17-6-4-3-5-7-17/h3-11,13H,12H2,1-2H3. The molecule has 0 atom stereocenters. The van der Waals surface area contributed by atoms with Crippen molar-refractivity contribution in [2.75, 3.05) is 0 Å². The van der Waals surface area contributed by atoms with E-state index in [1.807, 2.05) is 66.9 Å². The highest BCUT2D eigenvalue weighted by Gasteiger charge is 2.16. The average molecular weight is 322 g/mol. The van der Waals surface area contributed by atoms with Crippen LogP contribution in [0.2, 0.25) is 0 Å². The molecule has 0 heterocycles. The van der Waals surface area contributed by atoms with Crippen LogP contribution >= 0.6 is 11.8 Å². The second-order valence-electron chi connectivity index (χ2n) is 5.17. The molecule has 4 heteroatoms. The van der Waals surface area contributed by atoms with Gasteiger partial charge in [0.05, 0.1) is 12.2 Å². The third-order valence-corrected chi connectivity index (χ3v) is 3.87. The van der Waals surface area contributed by atoms with Crippen molar-refractivity contribution in [2.45, 2.75) is 20.4 Å². The van der Waals surface area contributed by atoms with Crippen molar-refractivity contribution >= 4 is 23.4 Å². The molecule has 2 aromatic carbocycles. The third kappa shape index (κ3) is 4.73. The number of nitrogens with zero attached hydrogens (tertiary/aromatic N) is 2.